The normalized spacial score (nSPS) is 11.6. The molecule has 0 saturated carbocycles. The zero-order valence-corrected chi connectivity index (χ0v) is 10.6. The third-order valence-corrected chi connectivity index (χ3v) is 2.64. The van der Waals surface area contributed by atoms with E-state index in [1.165, 1.54) is 4.57 Å². The molecule has 0 spiro atoms. The van der Waals surface area contributed by atoms with Crippen molar-refractivity contribution in [2.24, 2.45) is 0 Å². The summed E-state index contributed by atoms with van der Waals surface area (Å²) in [4.78, 5) is 3.67. The lowest BCUT2D eigenvalue weighted by molar-refractivity contribution is -0.147. The highest BCUT2D eigenvalue weighted by atomic mass is 35.5. The molecule has 1 aromatic heterocycles. The van der Waals surface area contributed by atoms with Gasteiger partial charge in [-0.25, -0.2) is 4.98 Å². The molecule has 0 amide bonds. The average molecular weight is 278 g/mol. The number of para-hydroxylation sites is 2. The van der Waals surface area contributed by atoms with Gasteiger partial charge >= 0.3 is 6.18 Å². The summed E-state index contributed by atoms with van der Waals surface area (Å²) in [5, 5.41) is 0. The van der Waals surface area contributed by atoms with Gasteiger partial charge in [-0.05, 0) is 18.6 Å². The molecule has 0 aliphatic carbocycles. The van der Waals surface area contributed by atoms with Gasteiger partial charge in [0.1, 0.15) is 0 Å². The maximum atomic E-state index is 12.8. The molecule has 0 aliphatic heterocycles. The van der Waals surface area contributed by atoms with E-state index in [9.17, 15) is 13.2 Å². The molecule has 0 unspecified atom stereocenters. The fourth-order valence-corrected chi connectivity index (χ4v) is 1.83. The predicted octanol–water partition coefficient (Wildman–Crippen LogP) is 0.859. The molecule has 1 aromatic carbocycles. The smallest absolute Gasteiger partial charge is 0.449 e. The Bertz CT molecular complexity index is 520. The maximum absolute atomic E-state index is 12.8. The van der Waals surface area contributed by atoms with Crippen molar-refractivity contribution >= 4 is 11.0 Å². The van der Waals surface area contributed by atoms with Gasteiger partial charge in [0.05, 0.1) is 11.0 Å². The lowest BCUT2D eigenvalue weighted by atomic mass is 10.3. The highest BCUT2D eigenvalue weighted by Gasteiger charge is 2.37. The highest BCUT2D eigenvalue weighted by molar-refractivity contribution is 5.76. The van der Waals surface area contributed by atoms with Gasteiger partial charge in [-0.2, -0.15) is 13.2 Å². The van der Waals surface area contributed by atoms with Gasteiger partial charge in [0.25, 0.3) is 0 Å². The van der Waals surface area contributed by atoms with Crippen LogP contribution in [0.25, 0.3) is 11.0 Å². The second-order valence-electron chi connectivity index (χ2n) is 3.93. The van der Waals surface area contributed by atoms with E-state index in [2.05, 4.69) is 4.98 Å². The number of imidazole rings is 1. The minimum atomic E-state index is -4.40. The SMILES string of the molecule is CCCCn1c(C(F)(F)F)nc2ccccc21.[Cl-]. The number of aryl methyl sites for hydroxylation is 1. The fraction of sp³-hybridized carbons (Fsp3) is 0.417. The Kier molecular flexibility index (Phi) is 4.62. The summed E-state index contributed by atoms with van der Waals surface area (Å²) in [6, 6.07) is 6.70. The molecule has 0 aliphatic rings. The molecule has 2 nitrogen and oxygen atoms in total. The number of halogens is 4. The summed E-state index contributed by atoms with van der Waals surface area (Å²) in [6.45, 7) is 2.30. The molecule has 1 heterocycles. The van der Waals surface area contributed by atoms with Gasteiger partial charge in [0.2, 0.25) is 5.82 Å². The first-order valence-electron chi connectivity index (χ1n) is 5.56. The summed E-state index contributed by atoms with van der Waals surface area (Å²) < 4.78 is 39.8. The Morgan fingerprint density at radius 1 is 1.22 bits per heavy atom. The van der Waals surface area contributed by atoms with Gasteiger partial charge in [-0.3, -0.25) is 0 Å². The van der Waals surface area contributed by atoms with Crippen LogP contribution in [0.15, 0.2) is 24.3 Å². The van der Waals surface area contributed by atoms with Crippen LogP contribution in [0, 0.1) is 0 Å². The van der Waals surface area contributed by atoms with E-state index in [0.29, 0.717) is 24.0 Å². The summed E-state index contributed by atoms with van der Waals surface area (Å²) in [7, 11) is 0. The molecule has 0 atom stereocenters. The fourth-order valence-electron chi connectivity index (χ4n) is 1.83. The van der Waals surface area contributed by atoms with E-state index in [-0.39, 0.29) is 12.4 Å². The van der Waals surface area contributed by atoms with Crippen LogP contribution in [0.4, 0.5) is 13.2 Å². The zero-order chi connectivity index (χ0) is 12.5. The van der Waals surface area contributed by atoms with Crippen LogP contribution >= 0.6 is 0 Å². The Balaban J connectivity index is 0.00000162. The van der Waals surface area contributed by atoms with Crippen molar-refractivity contribution in [3.63, 3.8) is 0 Å². The first kappa shape index (κ1) is 14.8. The van der Waals surface area contributed by atoms with Crippen LogP contribution in [0.2, 0.25) is 0 Å². The highest BCUT2D eigenvalue weighted by Crippen LogP contribution is 2.31. The van der Waals surface area contributed by atoms with E-state index in [1.54, 1.807) is 24.3 Å². The summed E-state index contributed by atoms with van der Waals surface area (Å²) in [6.07, 6.45) is -2.83. The summed E-state index contributed by atoms with van der Waals surface area (Å²) in [5.74, 6) is -0.799. The largest absolute Gasteiger partial charge is 1.00 e. The lowest BCUT2D eigenvalue weighted by Gasteiger charge is -2.10. The molecule has 100 valence electrons. The number of alkyl halides is 3. The molecule has 2 aromatic rings. The van der Waals surface area contributed by atoms with Crippen molar-refractivity contribution in [2.75, 3.05) is 0 Å². The number of fused-ring (bicyclic) bond motifs is 1. The van der Waals surface area contributed by atoms with Gasteiger partial charge in [0, 0.05) is 6.54 Å². The average Bonchev–Trinajstić information content (AvgIpc) is 2.65. The van der Waals surface area contributed by atoms with Gasteiger partial charge in [0.15, 0.2) is 0 Å². The van der Waals surface area contributed by atoms with Crippen molar-refractivity contribution in [3.05, 3.63) is 30.1 Å². The number of benzene rings is 1. The lowest BCUT2D eigenvalue weighted by Crippen LogP contribution is -3.00. The number of rotatable bonds is 3. The Labute approximate surface area is 109 Å². The number of hydrogen-bond acceptors (Lipinski definition) is 1. The molecule has 0 radical (unpaired) electrons. The minimum absolute atomic E-state index is 0. The molecule has 2 rings (SSSR count). The molecular formula is C12H13ClF3N2-. The van der Waals surface area contributed by atoms with Crippen LogP contribution in [-0.4, -0.2) is 9.55 Å². The summed E-state index contributed by atoms with van der Waals surface area (Å²) in [5.41, 5.74) is 0.948. The van der Waals surface area contributed by atoms with Crippen molar-refractivity contribution in [2.45, 2.75) is 32.5 Å². The van der Waals surface area contributed by atoms with E-state index in [4.69, 9.17) is 0 Å². The van der Waals surface area contributed by atoms with Crippen molar-refractivity contribution in [1.29, 1.82) is 0 Å². The van der Waals surface area contributed by atoms with Gasteiger partial charge in [-0.1, -0.05) is 25.5 Å². The number of aromatic nitrogens is 2. The monoisotopic (exact) mass is 277 g/mol. The maximum Gasteiger partial charge on any atom is 0.449 e. The van der Waals surface area contributed by atoms with Crippen molar-refractivity contribution in [3.8, 4) is 0 Å². The quantitative estimate of drug-likeness (QED) is 0.814. The van der Waals surface area contributed by atoms with Gasteiger partial charge in [-0.15, -0.1) is 0 Å². The van der Waals surface area contributed by atoms with Crippen LogP contribution in [-0.2, 0) is 12.7 Å². The molecule has 6 heteroatoms. The van der Waals surface area contributed by atoms with Crippen LogP contribution in [0.3, 0.4) is 0 Å². The number of unbranched alkanes of at least 4 members (excludes halogenated alkanes) is 1. The third-order valence-electron chi connectivity index (χ3n) is 2.64. The number of hydrogen-bond donors (Lipinski definition) is 0. The minimum Gasteiger partial charge on any atom is -1.00 e. The summed E-state index contributed by atoms with van der Waals surface area (Å²) >= 11 is 0. The van der Waals surface area contributed by atoms with E-state index in [0.717, 1.165) is 6.42 Å². The molecular weight excluding hydrogens is 265 g/mol. The first-order chi connectivity index (χ1) is 8.04. The Morgan fingerprint density at radius 2 is 1.89 bits per heavy atom. The second-order valence-corrected chi connectivity index (χ2v) is 3.93. The molecule has 0 bridgehead atoms. The van der Waals surface area contributed by atoms with Crippen LogP contribution in [0.5, 0.6) is 0 Å². The van der Waals surface area contributed by atoms with Crippen molar-refractivity contribution in [1.82, 2.24) is 9.55 Å². The topological polar surface area (TPSA) is 17.8 Å². The standard InChI is InChI=1S/C12H13F3N2.ClH/c1-2-3-8-17-10-7-5-4-6-9(10)16-11(17)12(13,14)15;/h4-7H,2-3,8H2,1H3;1H/p-1. The third kappa shape index (κ3) is 2.77. The van der Waals surface area contributed by atoms with E-state index in [1.807, 2.05) is 6.92 Å². The second kappa shape index (κ2) is 5.61. The molecule has 0 N–H and O–H groups in total. The predicted molar refractivity (Wildman–Crippen MR) is 59.6 cm³/mol. The van der Waals surface area contributed by atoms with Crippen molar-refractivity contribution < 1.29 is 25.6 Å². The Hall–Kier alpha value is -1.23. The molecule has 18 heavy (non-hydrogen) atoms. The Morgan fingerprint density at radius 3 is 2.50 bits per heavy atom. The molecule has 0 fully saturated rings. The van der Waals surface area contributed by atoms with E-state index >= 15 is 0 Å². The number of nitrogens with zero attached hydrogens (tertiary/aromatic N) is 2. The van der Waals surface area contributed by atoms with Crippen LogP contribution in [0.1, 0.15) is 25.6 Å². The van der Waals surface area contributed by atoms with E-state index < -0.39 is 12.0 Å². The molecule has 0 saturated heterocycles. The zero-order valence-electron chi connectivity index (χ0n) is 9.84. The van der Waals surface area contributed by atoms with Gasteiger partial charge < -0.3 is 17.0 Å². The first-order valence-corrected chi connectivity index (χ1v) is 5.56. The van der Waals surface area contributed by atoms with Crippen LogP contribution < -0.4 is 12.4 Å².